The van der Waals surface area contributed by atoms with E-state index in [1.807, 2.05) is 6.26 Å². The summed E-state index contributed by atoms with van der Waals surface area (Å²) in [5.41, 5.74) is 1.21. The van der Waals surface area contributed by atoms with Crippen LogP contribution in [0.25, 0.3) is 0 Å². The molecule has 0 aliphatic rings. The number of hydrogen-bond donors (Lipinski definition) is 0. The summed E-state index contributed by atoms with van der Waals surface area (Å²) in [4.78, 5) is 0. The van der Waals surface area contributed by atoms with Crippen LogP contribution < -0.4 is 5.38 Å². The minimum absolute atomic E-state index is 0.925. The summed E-state index contributed by atoms with van der Waals surface area (Å²) in [6.07, 6.45) is 2.82. The summed E-state index contributed by atoms with van der Waals surface area (Å²) in [7, 11) is -5.79. The number of rotatable bonds is 6. The molecule has 0 fully saturated rings. The maximum atomic E-state index is 6.44. The van der Waals surface area contributed by atoms with Gasteiger partial charge < -0.3 is 12.6 Å². The standard InChI is InChI=1S/C13H28O3Si3/c1-9-12-10-13(14-11-12)19(8,15-17(2,3)4)16-18(5,6)7/h10-11H,9H2,1-8H3. The van der Waals surface area contributed by atoms with E-state index in [9.17, 15) is 0 Å². The molecule has 0 aliphatic carbocycles. The van der Waals surface area contributed by atoms with Gasteiger partial charge in [0.15, 0.2) is 16.6 Å². The molecule has 0 aromatic carbocycles. The monoisotopic (exact) mass is 316 g/mol. The zero-order chi connectivity index (χ0) is 14.9. The Bertz CT molecular complexity index is 400. The number of hydrogen-bond acceptors (Lipinski definition) is 3. The van der Waals surface area contributed by atoms with Crippen LogP contribution in [0.3, 0.4) is 0 Å². The van der Waals surface area contributed by atoms with Crippen LogP contribution in [0.15, 0.2) is 16.7 Å². The molecule has 3 nitrogen and oxygen atoms in total. The Labute approximate surface area is 120 Å². The molecule has 0 atom stereocenters. The predicted molar refractivity (Wildman–Crippen MR) is 88.2 cm³/mol. The Morgan fingerprint density at radius 1 is 0.947 bits per heavy atom. The molecule has 0 spiro atoms. The maximum Gasteiger partial charge on any atom is 0.385 e. The van der Waals surface area contributed by atoms with Crippen LogP contribution in [0.5, 0.6) is 0 Å². The Morgan fingerprint density at radius 2 is 1.42 bits per heavy atom. The van der Waals surface area contributed by atoms with Gasteiger partial charge in [0, 0.05) is 0 Å². The summed E-state index contributed by atoms with van der Waals surface area (Å²) >= 11 is 0. The molecule has 1 aromatic heterocycles. The summed E-state index contributed by atoms with van der Waals surface area (Å²) < 4.78 is 18.7. The van der Waals surface area contributed by atoms with E-state index in [0.717, 1.165) is 11.8 Å². The van der Waals surface area contributed by atoms with Crippen molar-refractivity contribution in [3.05, 3.63) is 17.9 Å². The molecule has 0 saturated carbocycles. The van der Waals surface area contributed by atoms with E-state index in [-0.39, 0.29) is 0 Å². The maximum absolute atomic E-state index is 6.44. The van der Waals surface area contributed by atoms with Crippen molar-refractivity contribution >= 4 is 30.6 Å². The van der Waals surface area contributed by atoms with Crippen molar-refractivity contribution in [2.45, 2.75) is 59.2 Å². The van der Waals surface area contributed by atoms with Crippen LogP contribution in [-0.2, 0) is 14.7 Å². The summed E-state index contributed by atoms with van der Waals surface area (Å²) in [5.74, 6) is 0. The van der Waals surface area contributed by atoms with Gasteiger partial charge in [0.1, 0.15) is 5.38 Å². The second-order valence-corrected chi connectivity index (χ2v) is 19.5. The molecule has 0 unspecified atom stereocenters. The van der Waals surface area contributed by atoms with Gasteiger partial charge in [0.2, 0.25) is 0 Å². The van der Waals surface area contributed by atoms with Crippen LogP contribution in [0, 0.1) is 0 Å². The van der Waals surface area contributed by atoms with Gasteiger partial charge in [-0.3, -0.25) is 0 Å². The smallest absolute Gasteiger partial charge is 0.385 e. The molecule has 6 heteroatoms. The lowest BCUT2D eigenvalue weighted by molar-refractivity contribution is 0.389. The quantitative estimate of drug-likeness (QED) is 0.748. The van der Waals surface area contributed by atoms with E-state index >= 15 is 0 Å². The fourth-order valence-corrected chi connectivity index (χ4v) is 13.5. The van der Waals surface area contributed by atoms with Gasteiger partial charge in [-0.25, -0.2) is 0 Å². The fraction of sp³-hybridized carbons (Fsp3) is 0.692. The average molecular weight is 317 g/mol. The van der Waals surface area contributed by atoms with Crippen molar-refractivity contribution < 1.29 is 12.6 Å². The van der Waals surface area contributed by atoms with Crippen LogP contribution in [-0.4, -0.2) is 25.2 Å². The van der Waals surface area contributed by atoms with Gasteiger partial charge in [0.05, 0.1) is 6.26 Å². The van der Waals surface area contributed by atoms with Crippen molar-refractivity contribution in [1.82, 2.24) is 0 Å². The number of aryl methyl sites for hydroxylation is 1. The topological polar surface area (TPSA) is 31.6 Å². The zero-order valence-corrected chi connectivity index (χ0v) is 16.6. The third-order valence-electron chi connectivity index (χ3n) is 2.51. The number of furan rings is 1. The molecular weight excluding hydrogens is 288 g/mol. The van der Waals surface area contributed by atoms with Gasteiger partial charge >= 0.3 is 8.56 Å². The zero-order valence-electron chi connectivity index (χ0n) is 13.6. The first-order chi connectivity index (χ1) is 8.45. The molecule has 0 saturated heterocycles. The lowest BCUT2D eigenvalue weighted by Crippen LogP contribution is -2.59. The summed E-state index contributed by atoms with van der Waals surface area (Å²) in [6, 6.07) is 2.12. The van der Waals surface area contributed by atoms with Crippen molar-refractivity contribution in [2.75, 3.05) is 0 Å². The van der Waals surface area contributed by atoms with Gasteiger partial charge in [-0.1, -0.05) is 6.92 Å². The van der Waals surface area contributed by atoms with E-state index < -0.39 is 25.2 Å². The largest absolute Gasteiger partial charge is 0.468 e. The first-order valence-electron chi connectivity index (χ1n) is 6.93. The third kappa shape index (κ3) is 5.39. The lowest BCUT2D eigenvalue weighted by atomic mass is 10.3. The van der Waals surface area contributed by atoms with E-state index in [4.69, 9.17) is 12.6 Å². The Balaban J connectivity index is 3.10. The van der Waals surface area contributed by atoms with Crippen LogP contribution >= 0.6 is 0 Å². The van der Waals surface area contributed by atoms with Gasteiger partial charge in [-0.2, -0.15) is 0 Å². The minimum Gasteiger partial charge on any atom is -0.468 e. The molecular formula is C13H28O3Si3. The molecule has 0 radical (unpaired) electrons. The van der Waals surface area contributed by atoms with Crippen molar-refractivity contribution in [3.63, 3.8) is 0 Å². The molecule has 0 amide bonds. The molecule has 19 heavy (non-hydrogen) atoms. The first-order valence-corrected chi connectivity index (χ1v) is 16.1. The molecule has 1 heterocycles. The van der Waals surface area contributed by atoms with Crippen LogP contribution in [0.4, 0.5) is 0 Å². The predicted octanol–water partition coefficient (Wildman–Crippen LogP) is 3.82. The highest BCUT2D eigenvalue weighted by molar-refractivity contribution is 6.93. The van der Waals surface area contributed by atoms with Crippen molar-refractivity contribution in [3.8, 4) is 0 Å². The fourth-order valence-electron chi connectivity index (χ4n) is 2.09. The SMILES string of the molecule is CCc1coc([Si](C)(O[Si](C)(C)C)O[Si](C)(C)C)c1. The Morgan fingerprint density at radius 3 is 1.74 bits per heavy atom. The average Bonchev–Trinajstić information content (AvgIpc) is 2.59. The van der Waals surface area contributed by atoms with Crippen molar-refractivity contribution in [2.24, 2.45) is 0 Å². The molecule has 0 aliphatic heterocycles. The Kier molecular flexibility index (Phi) is 5.06. The second kappa shape index (κ2) is 5.69. The van der Waals surface area contributed by atoms with Crippen LogP contribution in [0.1, 0.15) is 12.5 Å². The van der Waals surface area contributed by atoms with Gasteiger partial charge in [-0.05, 0) is 63.9 Å². The van der Waals surface area contributed by atoms with E-state index in [2.05, 4.69) is 58.8 Å². The summed E-state index contributed by atoms with van der Waals surface area (Å²) in [5, 5.41) is 0.925. The van der Waals surface area contributed by atoms with E-state index in [0.29, 0.717) is 0 Å². The third-order valence-corrected chi connectivity index (χ3v) is 11.7. The minimum atomic E-state index is -2.44. The molecule has 0 bridgehead atoms. The highest BCUT2D eigenvalue weighted by atomic mass is 28.5. The van der Waals surface area contributed by atoms with Gasteiger partial charge in [-0.15, -0.1) is 0 Å². The van der Waals surface area contributed by atoms with Crippen molar-refractivity contribution in [1.29, 1.82) is 0 Å². The summed E-state index contributed by atoms with van der Waals surface area (Å²) in [6.45, 7) is 17.5. The highest BCUT2D eigenvalue weighted by Gasteiger charge is 2.44. The van der Waals surface area contributed by atoms with Crippen LogP contribution in [0.2, 0.25) is 45.8 Å². The van der Waals surface area contributed by atoms with E-state index in [1.165, 1.54) is 5.56 Å². The lowest BCUT2D eigenvalue weighted by Gasteiger charge is -2.36. The second-order valence-electron chi connectivity index (χ2n) is 7.05. The molecule has 1 rings (SSSR count). The van der Waals surface area contributed by atoms with Gasteiger partial charge in [0.25, 0.3) is 0 Å². The molecule has 0 N–H and O–H groups in total. The molecule has 1 aromatic rings. The Hall–Kier alpha value is -0.149. The first kappa shape index (κ1) is 16.9. The normalized spacial score (nSPS) is 13.9. The van der Waals surface area contributed by atoms with E-state index in [1.54, 1.807) is 0 Å². The molecule has 110 valence electrons. The highest BCUT2D eigenvalue weighted by Crippen LogP contribution is 2.21.